The molecular formula is C46H52N2O4. The van der Waals surface area contributed by atoms with E-state index in [0.29, 0.717) is 36.4 Å². The summed E-state index contributed by atoms with van der Waals surface area (Å²) in [6.07, 6.45) is 11.9. The molecule has 5 aromatic rings. The summed E-state index contributed by atoms with van der Waals surface area (Å²) in [5.74, 6) is 2.32. The van der Waals surface area contributed by atoms with Gasteiger partial charge in [-0.15, -0.1) is 0 Å². The number of methoxy groups -OCH3 is 1. The van der Waals surface area contributed by atoms with E-state index in [1.807, 2.05) is 18.2 Å². The maximum absolute atomic E-state index is 10.9. The van der Waals surface area contributed by atoms with Crippen molar-refractivity contribution in [2.24, 2.45) is 11.3 Å². The fourth-order valence-electron chi connectivity index (χ4n) is 9.36. The quantitative estimate of drug-likeness (QED) is 0.100. The van der Waals surface area contributed by atoms with Gasteiger partial charge >= 0.3 is 5.97 Å². The molecule has 2 aliphatic rings. The highest BCUT2D eigenvalue weighted by Crippen LogP contribution is 2.59. The van der Waals surface area contributed by atoms with E-state index in [9.17, 15) is 4.79 Å². The highest BCUT2D eigenvalue weighted by atomic mass is 16.5. The number of hydrogen-bond acceptors (Lipinski definition) is 4. The van der Waals surface area contributed by atoms with Crippen LogP contribution in [0.25, 0.3) is 34.6 Å². The second-order valence-electron chi connectivity index (χ2n) is 15.8. The molecular weight excluding hydrogens is 645 g/mol. The highest BCUT2D eigenvalue weighted by Gasteiger charge is 2.51. The number of nitrogens with one attached hydrogen (secondary N) is 1. The lowest BCUT2D eigenvalue weighted by Gasteiger charge is -2.56. The third-order valence-corrected chi connectivity index (χ3v) is 12.0. The van der Waals surface area contributed by atoms with Gasteiger partial charge in [-0.3, -0.25) is 4.79 Å². The van der Waals surface area contributed by atoms with Gasteiger partial charge < -0.3 is 19.6 Å². The standard InChI is InChI=1S/C46H52N2O4/c1-30(2)33-16-21-38-34(27-33)18-23-41-45(3,24-10-25-46(38,41)4)29-37-32(15-14-31-11-7-6-8-12-31)17-22-39-43(37)48-44(47-39)36-20-19-35(28-40(36)51-5)52-26-9-13-42(49)50/h6-8,11-12,14-17,19-22,27-28,30,41H,9-10,13,18,23-26,29H2,1-5H3,(H,47,48)(H,49,50)/b15-14+/t41-,45+,46+/m0/s1. The second-order valence-corrected chi connectivity index (χ2v) is 15.8. The summed E-state index contributed by atoms with van der Waals surface area (Å²) in [5.41, 5.74) is 11.4. The number of aryl methyl sites for hydroxylation is 1. The Morgan fingerprint density at radius 3 is 2.62 bits per heavy atom. The van der Waals surface area contributed by atoms with Gasteiger partial charge in [0.1, 0.15) is 17.3 Å². The van der Waals surface area contributed by atoms with E-state index in [-0.39, 0.29) is 17.3 Å². The van der Waals surface area contributed by atoms with E-state index in [4.69, 9.17) is 19.6 Å². The third kappa shape index (κ3) is 7.00. The first kappa shape index (κ1) is 35.6. The molecule has 52 heavy (non-hydrogen) atoms. The number of aromatic amines is 1. The molecule has 270 valence electrons. The van der Waals surface area contributed by atoms with Crippen LogP contribution in [-0.4, -0.2) is 34.8 Å². The number of nitrogens with zero attached hydrogens (tertiary/aromatic N) is 1. The van der Waals surface area contributed by atoms with E-state index >= 15 is 0 Å². The van der Waals surface area contributed by atoms with Crippen molar-refractivity contribution >= 4 is 29.2 Å². The molecule has 1 heterocycles. The van der Waals surface area contributed by atoms with Gasteiger partial charge in [-0.2, -0.15) is 0 Å². The summed E-state index contributed by atoms with van der Waals surface area (Å²) >= 11 is 0. The Hall–Kier alpha value is -4.84. The zero-order valence-electron chi connectivity index (χ0n) is 31.3. The summed E-state index contributed by atoms with van der Waals surface area (Å²) in [6, 6.07) is 28.0. The van der Waals surface area contributed by atoms with Crippen molar-refractivity contribution in [2.75, 3.05) is 13.7 Å². The second kappa shape index (κ2) is 14.7. The number of carbonyl (C=O) groups is 1. The Kier molecular flexibility index (Phi) is 10.0. The summed E-state index contributed by atoms with van der Waals surface area (Å²) in [5, 5.41) is 8.97. The van der Waals surface area contributed by atoms with Gasteiger partial charge in [0.05, 0.1) is 30.3 Å². The molecule has 1 fully saturated rings. The van der Waals surface area contributed by atoms with Crippen LogP contribution in [0.1, 0.15) is 106 Å². The number of ether oxygens (including phenoxy) is 2. The number of benzene rings is 4. The minimum atomic E-state index is -0.824. The van der Waals surface area contributed by atoms with Gasteiger partial charge in [-0.1, -0.05) is 101 Å². The molecule has 6 nitrogen and oxygen atoms in total. The van der Waals surface area contributed by atoms with Crippen LogP contribution in [0.5, 0.6) is 11.5 Å². The largest absolute Gasteiger partial charge is 0.496 e. The predicted octanol–water partition coefficient (Wildman–Crippen LogP) is 11.0. The van der Waals surface area contributed by atoms with E-state index in [0.717, 1.165) is 35.3 Å². The van der Waals surface area contributed by atoms with Crippen molar-refractivity contribution < 1.29 is 19.4 Å². The number of imidazole rings is 1. The summed E-state index contributed by atoms with van der Waals surface area (Å²) < 4.78 is 11.7. The lowest BCUT2D eigenvalue weighted by molar-refractivity contribution is -0.137. The van der Waals surface area contributed by atoms with Crippen LogP contribution < -0.4 is 9.47 Å². The molecule has 4 aromatic carbocycles. The van der Waals surface area contributed by atoms with E-state index in [1.165, 1.54) is 47.9 Å². The fraction of sp³-hybridized carbons (Fsp3) is 0.391. The number of aliphatic carboxylic acids is 1. The van der Waals surface area contributed by atoms with Crippen molar-refractivity contribution in [1.29, 1.82) is 0 Å². The lowest BCUT2D eigenvalue weighted by Crippen LogP contribution is -2.50. The molecule has 2 aliphatic carbocycles. The van der Waals surface area contributed by atoms with Crippen molar-refractivity contribution in [3.63, 3.8) is 0 Å². The van der Waals surface area contributed by atoms with Gasteiger partial charge in [0.15, 0.2) is 0 Å². The molecule has 0 aliphatic heterocycles. The molecule has 2 N–H and O–H groups in total. The molecule has 0 unspecified atom stereocenters. The monoisotopic (exact) mass is 696 g/mol. The van der Waals surface area contributed by atoms with Crippen LogP contribution in [0.4, 0.5) is 0 Å². The molecule has 7 rings (SSSR count). The van der Waals surface area contributed by atoms with Crippen molar-refractivity contribution in [3.05, 3.63) is 112 Å². The minimum Gasteiger partial charge on any atom is -0.496 e. The molecule has 3 atom stereocenters. The minimum absolute atomic E-state index is 0.0739. The predicted molar refractivity (Wildman–Crippen MR) is 211 cm³/mol. The molecule has 0 bridgehead atoms. The maximum atomic E-state index is 10.9. The number of carboxylic acid groups (broad SMARTS) is 1. The first-order valence-electron chi connectivity index (χ1n) is 19.0. The smallest absolute Gasteiger partial charge is 0.303 e. The maximum Gasteiger partial charge on any atom is 0.303 e. The molecule has 0 spiro atoms. The molecule has 1 saturated carbocycles. The lowest BCUT2D eigenvalue weighted by atomic mass is 9.48. The van der Waals surface area contributed by atoms with Crippen molar-refractivity contribution in [2.45, 2.75) is 90.4 Å². The zero-order valence-corrected chi connectivity index (χ0v) is 31.3. The first-order valence-corrected chi connectivity index (χ1v) is 19.0. The van der Waals surface area contributed by atoms with Gasteiger partial charge in [-0.05, 0) is 113 Å². The third-order valence-electron chi connectivity index (χ3n) is 12.0. The Labute approximate surface area is 308 Å². The molecule has 1 aromatic heterocycles. The topological polar surface area (TPSA) is 84.4 Å². The Bertz CT molecular complexity index is 2100. The fourth-order valence-corrected chi connectivity index (χ4v) is 9.36. The molecule has 0 amide bonds. The Balaban J connectivity index is 1.27. The number of H-pyrrole nitrogens is 1. The van der Waals surface area contributed by atoms with Gasteiger partial charge in [0.2, 0.25) is 0 Å². The van der Waals surface area contributed by atoms with Crippen LogP contribution in [0.15, 0.2) is 78.9 Å². The number of carboxylic acids is 1. The first-order chi connectivity index (χ1) is 25.1. The summed E-state index contributed by atoms with van der Waals surface area (Å²) in [7, 11) is 1.65. The number of hydrogen-bond donors (Lipinski definition) is 2. The van der Waals surface area contributed by atoms with Crippen LogP contribution in [0.2, 0.25) is 0 Å². The van der Waals surface area contributed by atoms with E-state index in [1.54, 1.807) is 18.2 Å². The Morgan fingerprint density at radius 1 is 1.02 bits per heavy atom. The number of aromatic nitrogens is 2. The molecule has 6 heteroatoms. The zero-order chi connectivity index (χ0) is 36.5. The van der Waals surface area contributed by atoms with E-state index < -0.39 is 5.97 Å². The van der Waals surface area contributed by atoms with Gasteiger partial charge in [0.25, 0.3) is 0 Å². The van der Waals surface area contributed by atoms with Crippen LogP contribution in [0.3, 0.4) is 0 Å². The SMILES string of the molecule is COc1cc(OCCCC(=O)O)ccc1-c1nc2c(C[C@@]3(C)CCC[C@]4(C)c5ccc(C(C)C)cc5CC[C@@H]34)c(/C=C/c3ccccc3)ccc2[nH]1. The normalized spacial score (nSPS) is 21.3. The molecule has 0 radical (unpaired) electrons. The van der Waals surface area contributed by atoms with Gasteiger partial charge in [-0.25, -0.2) is 4.98 Å². The number of rotatable bonds is 12. The number of fused-ring (bicyclic) bond motifs is 4. The van der Waals surface area contributed by atoms with Crippen molar-refractivity contribution in [3.8, 4) is 22.9 Å². The van der Waals surface area contributed by atoms with Gasteiger partial charge in [0, 0.05) is 12.5 Å². The Morgan fingerprint density at radius 2 is 1.85 bits per heavy atom. The summed E-state index contributed by atoms with van der Waals surface area (Å²) in [4.78, 5) is 19.9. The average molecular weight is 697 g/mol. The highest BCUT2D eigenvalue weighted by molar-refractivity contribution is 5.88. The van der Waals surface area contributed by atoms with Crippen LogP contribution >= 0.6 is 0 Å². The van der Waals surface area contributed by atoms with Crippen LogP contribution in [0, 0.1) is 11.3 Å². The molecule has 0 saturated heterocycles. The van der Waals surface area contributed by atoms with E-state index in [2.05, 4.69) is 105 Å². The summed E-state index contributed by atoms with van der Waals surface area (Å²) in [6.45, 7) is 10.0. The van der Waals surface area contributed by atoms with Crippen molar-refractivity contribution in [1.82, 2.24) is 9.97 Å². The van der Waals surface area contributed by atoms with Crippen LogP contribution in [-0.2, 0) is 23.1 Å². The average Bonchev–Trinajstić information content (AvgIpc) is 3.58.